The minimum absolute atomic E-state index is 0.391. The van der Waals surface area contributed by atoms with Crippen LogP contribution in [0.2, 0.25) is 0 Å². The Hall–Kier alpha value is -2.33. The first-order valence-electron chi connectivity index (χ1n) is 6.86. The van der Waals surface area contributed by atoms with Gasteiger partial charge in [0.05, 0.1) is 0 Å². The number of rotatable bonds is 5. The lowest BCUT2D eigenvalue weighted by atomic mass is 10.1. The molecule has 0 saturated heterocycles. The van der Waals surface area contributed by atoms with E-state index in [-0.39, 0.29) is 0 Å². The van der Waals surface area contributed by atoms with E-state index in [2.05, 4.69) is 5.16 Å². The number of alkyl halides is 3. The van der Waals surface area contributed by atoms with Crippen LogP contribution in [0.25, 0.3) is 0 Å². The molecule has 1 atom stereocenters. The van der Waals surface area contributed by atoms with Crippen molar-refractivity contribution in [3.8, 4) is 0 Å². The van der Waals surface area contributed by atoms with Crippen LogP contribution in [0, 0.1) is 23.3 Å². The highest BCUT2D eigenvalue weighted by Crippen LogP contribution is 2.38. The molecule has 1 amide bonds. The highest BCUT2D eigenvalue weighted by Gasteiger charge is 2.42. The highest BCUT2D eigenvalue weighted by molar-refractivity contribution is 6.42. The molecule has 0 aliphatic carbocycles. The maximum atomic E-state index is 13.7. The Kier molecular flexibility index (Phi) is 6.38. The summed E-state index contributed by atoms with van der Waals surface area (Å²) in [6.45, 7) is 4.41. The number of anilines is 1. The number of oxime groups is 1. The van der Waals surface area contributed by atoms with E-state index in [9.17, 15) is 35.5 Å². The number of carbonyl (C=O) groups excluding carboxylic acids is 1. The lowest BCUT2D eigenvalue weighted by molar-refractivity contribution is -0.143. The number of hydrogen-bond donors (Lipinski definition) is 1. The second-order valence-electron chi connectivity index (χ2n) is 4.96. The molecule has 0 spiro atoms. The molecule has 1 aromatic rings. The van der Waals surface area contributed by atoms with Crippen molar-refractivity contribution in [2.45, 2.75) is 39.5 Å². The van der Waals surface area contributed by atoms with E-state index in [1.54, 1.807) is 13.8 Å². The maximum absolute atomic E-state index is 13.7. The third-order valence-corrected chi connectivity index (χ3v) is 3.06. The van der Waals surface area contributed by atoms with E-state index in [0.29, 0.717) is 6.42 Å². The molecular weight excluding hydrogens is 361 g/mol. The minimum Gasteiger partial charge on any atom is -0.392 e. The third-order valence-electron chi connectivity index (χ3n) is 3.06. The topological polar surface area (TPSA) is 50.7 Å². The number of benzene rings is 1. The van der Waals surface area contributed by atoms with Gasteiger partial charge in [-0.25, -0.2) is 17.6 Å². The first-order valence-corrected chi connectivity index (χ1v) is 6.86. The van der Waals surface area contributed by atoms with Crippen LogP contribution in [-0.4, -0.2) is 17.7 Å². The van der Waals surface area contributed by atoms with E-state index >= 15 is 0 Å². The van der Waals surface area contributed by atoms with Crippen molar-refractivity contribution in [1.82, 2.24) is 0 Å². The van der Waals surface area contributed by atoms with Gasteiger partial charge in [0, 0.05) is 0 Å². The van der Waals surface area contributed by atoms with Gasteiger partial charge in [0.1, 0.15) is 23.1 Å². The molecule has 0 aliphatic rings. The van der Waals surface area contributed by atoms with E-state index in [4.69, 9.17) is 4.84 Å². The zero-order valence-electron chi connectivity index (χ0n) is 13.2. The van der Waals surface area contributed by atoms with Crippen LogP contribution in [0.5, 0.6) is 0 Å². The summed E-state index contributed by atoms with van der Waals surface area (Å²) in [6.07, 6.45) is -5.53. The molecule has 4 nitrogen and oxygen atoms in total. The van der Waals surface area contributed by atoms with Gasteiger partial charge < -0.3 is 10.2 Å². The van der Waals surface area contributed by atoms with Crippen molar-refractivity contribution in [2.75, 3.05) is 5.32 Å². The van der Waals surface area contributed by atoms with E-state index in [1.165, 1.54) is 5.32 Å². The summed E-state index contributed by atoms with van der Waals surface area (Å²) >= 11 is 0. The van der Waals surface area contributed by atoms with Crippen LogP contribution in [0.3, 0.4) is 0 Å². The molecule has 0 bridgehead atoms. The number of amides is 1. The minimum atomic E-state index is -5.67. The predicted octanol–water partition coefficient (Wildman–Crippen LogP) is 4.39. The fraction of sp³-hybridized carbons (Fsp3) is 0.429. The van der Waals surface area contributed by atoms with E-state index < -0.39 is 58.4 Å². The van der Waals surface area contributed by atoms with Gasteiger partial charge in [-0.15, -0.1) is 0 Å². The van der Waals surface area contributed by atoms with Crippen molar-refractivity contribution in [3.05, 3.63) is 28.8 Å². The Labute approximate surface area is 137 Å². The average molecular weight is 374 g/mol. The molecule has 1 unspecified atom stereocenters. The Morgan fingerprint density at radius 2 is 1.60 bits per heavy atom. The first-order chi connectivity index (χ1) is 11.4. The second kappa shape index (κ2) is 7.70. The highest BCUT2D eigenvalue weighted by atomic mass is 19.4. The molecule has 1 rings (SSSR count). The van der Waals surface area contributed by atoms with Gasteiger partial charge in [0.2, 0.25) is 0 Å². The Bertz CT molecular complexity index is 672. The van der Waals surface area contributed by atoms with Gasteiger partial charge in [0.25, 0.3) is 5.91 Å². The van der Waals surface area contributed by atoms with Crippen molar-refractivity contribution in [1.29, 1.82) is 0 Å². The van der Waals surface area contributed by atoms with Gasteiger partial charge in [0.15, 0.2) is 23.3 Å². The lowest BCUT2D eigenvalue weighted by Crippen LogP contribution is -2.24. The SMILES string of the molecule is CCC(C)O/N=C(\C)C(=O)Nc1c(F)c(F)c(C(F)(F)F)c(F)c1F. The average Bonchev–Trinajstić information content (AvgIpc) is 2.52. The van der Waals surface area contributed by atoms with Crippen molar-refractivity contribution < 1.29 is 40.4 Å². The Balaban J connectivity index is 3.22. The molecule has 140 valence electrons. The Morgan fingerprint density at radius 1 is 1.12 bits per heavy atom. The number of hydrogen-bond acceptors (Lipinski definition) is 3. The number of carbonyl (C=O) groups is 1. The van der Waals surface area contributed by atoms with Gasteiger partial charge in [-0.1, -0.05) is 12.1 Å². The monoisotopic (exact) mass is 374 g/mol. The molecule has 11 heteroatoms. The van der Waals surface area contributed by atoms with E-state index in [1.807, 2.05) is 0 Å². The molecule has 0 aromatic heterocycles. The number of nitrogens with zero attached hydrogens (tertiary/aromatic N) is 1. The molecule has 25 heavy (non-hydrogen) atoms. The van der Waals surface area contributed by atoms with Crippen LogP contribution >= 0.6 is 0 Å². The molecule has 0 heterocycles. The standard InChI is InChI=1S/C14H13F7N2O2/c1-4-5(2)25-23-6(3)13(24)22-12-10(17)8(15)7(14(19,20)21)9(16)11(12)18/h5H,4H2,1-3H3,(H,22,24)/b23-6+. The summed E-state index contributed by atoms with van der Waals surface area (Å²) in [7, 11) is 0. The quantitative estimate of drug-likeness (QED) is 0.360. The Morgan fingerprint density at radius 3 is 2.00 bits per heavy atom. The van der Waals surface area contributed by atoms with Crippen LogP contribution in [-0.2, 0) is 15.8 Å². The number of halogens is 7. The van der Waals surface area contributed by atoms with Crippen molar-refractivity contribution in [2.24, 2.45) is 5.16 Å². The summed E-state index contributed by atoms with van der Waals surface area (Å²) in [5.74, 6) is -11.5. The number of nitrogens with one attached hydrogen (secondary N) is 1. The largest absolute Gasteiger partial charge is 0.422 e. The van der Waals surface area contributed by atoms with Crippen LogP contribution in [0.15, 0.2) is 5.16 Å². The molecule has 0 aliphatic heterocycles. The van der Waals surface area contributed by atoms with Crippen molar-refractivity contribution >= 4 is 17.3 Å². The molecule has 0 saturated carbocycles. The smallest absolute Gasteiger partial charge is 0.392 e. The molecular formula is C14H13F7N2O2. The molecule has 1 aromatic carbocycles. The van der Waals surface area contributed by atoms with Crippen LogP contribution in [0.1, 0.15) is 32.8 Å². The maximum Gasteiger partial charge on any atom is 0.422 e. The summed E-state index contributed by atoms with van der Waals surface area (Å²) < 4.78 is 91.6. The first kappa shape index (κ1) is 20.7. The normalized spacial score (nSPS) is 13.6. The van der Waals surface area contributed by atoms with Gasteiger partial charge >= 0.3 is 6.18 Å². The summed E-state index contributed by atoms with van der Waals surface area (Å²) in [4.78, 5) is 16.5. The van der Waals surface area contributed by atoms with Gasteiger partial charge in [-0.3, -0.25) is 4.79 Å². The summed E-state index contributed by atoms with van der Waals surface area (Å²) in [5, 5.41) is 4.78. The third kappa shape index (κ3) is 4.60. The fourth-order valence-electron chi connectivity index (χ4n) is 1.48. The molecule has 0 fully saturated rings. The zero-order chi connectivity index (χ0) is 19.5. The van der Waals surface area contributed by atoms with Crippen molar-refractivity contribution in [3.63, 3.8) is 0 Å². The second-order valence-corrected chi connectivity index (χ2v) is 4.96. The van der Waals surface area contributed by atoms with Gasteiger partial charge in [-0.05, 0) is 20.3 Å². The molecule has 1 N–H and O–H groups in total. The van der Waals surface area contributed by atoms with Crippen LogP contribution in [0.4, 0.5) is 36.4 Å². The zero-order valence-corrected chi connectivity index (χ0v) is 13.2. The van der Waals surface area contributed by atoms with Crippen LogP contribution < -0.4 is 5.32 Å². The van der Waals surface area contributed by atoms with Gasteiger partial charge in [-0.2, -0.15) is 13.2 Å². The fourth-order valence-corrected chi connectivity index (χ4v) is 1.48. The predicted molar refractivity (Wildman–Crippen MR) is 73.9 cm³/mol. The lowest BCUT2D eigenvalue weighted by Gasteiger charge is -2.14. The van der Waals surface area contributed by atoms with E-state index in [0.717, 1.165) is 6.92 Å². The summed E-state index contributed by atoms with van der Waals surface area (Å²) in [6, 6.07) is 0. The summed E-state index contributed by atoms with van der Waals surface area (Å²) in [5.41, 5.74) is -4.91. The molecule has 0 radical (unpaired) electrons.